The normalized spacial score (nSPS) is 10.4. The van der Waals surface area contributed by atoms with E-state index in [1.165, 1.54) is 12.5 Å². The number of hydrogen-bond donors (Lipinski definition) is 0. The molecule has 0 saturated carbocycles. The topological polar surface area (TPSA) is 73.1 Å². The van der Waals surface area contributed by atoms with Crippen molar-refractivity contribution in [1.82, 2.24) is 10.1 Å². The molecule has 1 aromatic carbocycles. The van der Waals surface area contributed by atoms with Crippen molar-refractivity contribution in [2.24, 2.45) is 0 Å². The standard InChI is InChI=1S/C16H9BrN2O3/c17-12-5-3-10(4-6-12)16(21)14-13(9-22-19-14)15(20)11-2-1-7-18-8-11/h1-9H. The van der Waals surface area contributed by atoms with Gasteiger partial charge in [-0.05, 0) is 36.4 Å². The zero-order chi connectivity index (χ0) is 15.5. The van der Waals surface area contributed by atoms with Crippen LogP contribution in [0.1, 0.15) is 32.0 Å². The zero-order valence-electron chi connectivity index (χ0n) is 11.2. The fourth-order valence-corrected chi connectivity index (χ4v) is 2.22. The predicted molar refractivity (Wildman–Crippen MR) is 81.7 cm³/mol. The van der Waals surface area contributed by atoms with Gasteiger partial charge in [-0.25, -0.2) is 0 Å². The number of rotatable bonds is 4. The third kappa shape index (κ3) is 2.73. The van der Waals surface area contributed by atoms with Gasteiger partial charge in [0.05, 0.1) is 5.56 Å². The Labute approximate surface area is 134 Å². The van der Waals surface area contributed by atoms with Crippen LogP contribution in [0.5, 0.6) is 0 Å². The highest BCUT2D eigenvalue weighted by Gasteiger charge is 2.23. The highest BCUT2D eigenvalue weighted by atomic mass is 79.9. The molecule has 5 nitrogen and oxygen atoms in total. The van der Waals surface area contributed by atoms with Crippen LogP contribution in [0.2, 0.25) is 0 Å². The maximum absolute atomic E-state index is 12.5. The minimum absolute atomic E-state index is 0.00354. The van der Waals surface area contributed by atoms with Crippen molar-refractivity contribution in [3.63, 3.8) is 0 Å². The maximum atomic E-state index is 12.5. The Morgan fingerprint density at radius 3 is 2.45 bits per heavy atom. The van der Waals surface area contributed by atoms with Crippen LogP contribution in [-0.2, 0) is 0 Å². The number of benzene rings is 1. The molecule has 3 rings (SSSR count). The van der Waals surface area contributed by atoms with Crippen molar-refractivity contribution in [2.75, 3.05) is 0 Å². The lowest BCUT2D eigenvalue weighted by Crippen LogP contribution is -2.10. The first kappa shape index (κ1) is 14.3. The number of carbonyl (C=O) groups excluding carboxylic acids is 2. The lowest BCUT2D eigenvalue weighted by molar-refractivity contribution is 0.1000. The molecule has 2 aromatic heterocycles. The molecule has 22 heavy (non-hydrogen) atoms. The van der Waals surface area contributed by atoms with Crippen molar-refractivity contribution in [2.45, 2.75) is 0 Å². The van der Waals surface area contributed by atoms with E-state index in [4.69, 9.17) is 4.52 Å². The molecule has 0 aliphatic rings. The van der Waals surface area contributed by atoms with E-state index in [9.17, 15) is 9.59 Å². The van der Waals surface area contributed by atoms with Crippen molar-refractivity contribution in [3.8, 4) is 0 Å². The van der Waals surface area contributed by atoms with Crippen molar-refractivity contribution < 1.29 is 14.1 Å². The number of nitrogens with zero attached hydrogens (tertiary/aromatic N) is 2. The van der Waals surface area contributed by atoms with E-state index in [0.29, 0.717) is 11.1 Å². The van der Waals surface area contributed by atoms with Crippen LogP contribution in [-0.4, -0.2) is 21.7 Å². The van der Waals surface area contributed by atoms with Crippen molar-refractivity contribution >= 4 is 27.5 Å². The quantitative estimate of drug-likeness (QED) is 0.670. The fraction of sp³-hybridized carbons (Fsp3) is 0. The summed E-state index contributed by atoms with van der Waals surface area (Å²) >= 11 is 3.31. The summed E-state index contributed by atoms with van der Waals surface area (Å²) in [4.78, 5) is 28.8. The SMILES string of the molecule is O=C(c1cccnc1)c1conc1C(=O)c1ccc(Br)cc1. The van der Waals surface area contributed by atoms with Gasteiger partial charge in [-0.2, -0.15) is 0 Å². The van der Waals surface area contributed by atoms with Gasteiger partial charge < -0.3 is 4.52 Å². The van der Waals surface area contributed by atoms with E-state index < -0.39 is 0 Å². The molecule has 6 heteroatoms. The summed E-state index contributed by atoms with van der Waals surface area (Å²) in [6.07, 6.45) is 4.18. The molecule has 0 amide bonds. The number of aromatic nitrogens is 2. The van der Waals surface area contributed by atoms with Gasteiger partial charge in [0.1, 0.15) is 6.26 Å². The lowest BCUT2D eigenvalue weighted by Gasteiger charge is -2.01. The molecule has 0 aliphatic heterocycles. The number of pyridine rings is 1. The van der Waals surface area contributed by atoms with Gasteiger partial charge in [-0.1, -0.05) is 21.1 Å². The van der Waals surface area contributed by atoms with Gasteiger partial charge in [0.15, 0.2) is 11.5 Å². The second-order valence-electron chi connectivity index (χ2n) is 4.48. The Balaban J connectivity index is 1.97. The molecule has 108 valence electrons. The van der Waals surface area contributed by atoms with Crippen molar-refractivity contribution in [1.29, 1.82) is 0 Å². The van der Waals surface area contributed by atoms with E-state index in [1.807, 2.05) is 0 Å². The first-order chi connectivity index (χ1) is 10.7. The number of halogens is 1. The average molecular weight is 357 g/mol. The van der Waals surface area contributed by atoms with E-state index >= 15 is 0 Å². The molecule has 0 N–H and O–H groups in total. The molecular formula is C16H9BrN2O3. The lowest BCUT2D eigenvalue weighted by atomic mass is 10.0. The number of ketones is 2. The average Bonchev–Trinajstić information content (AvgIpc) is 3.04. The first-order valence-electron chi connectivity index (χ1n) is 6.36. The molecule has 0 fully saturated rings. The summed E-state index contributed by atoms with van der Waals surface area (Å²) in [6, 6.07) is 10.1. The van der Waals surface area contributed by atoms with E-state index in [2.05, 4.69) is 26.1 Å². The molecule has 0 spiro atoms. The Bertz CT molecular complexity index is 826. The van der Waals surface area contributed by atoms with Gasteiger partial charge in [-0.3, -0.25) is 14.6 Å². The third-order valence-electron chi connectivity index (χ3n) is 3.06. The molecule has 0 atom stereocenters. The fourth-order valence-electron chi connectivity index (χ4n) is 1.95. The Morgan fingerprint density at radius 2 is 1.77 bits per heavy atom. The highest BCUT2D eigenvalue weighted by Crippen LogP contribution is 2.18. The van der Waals surface area contributed by atoms with Crippen LogP contribution in [0.25, 0.3) is 0 Å². The maximum Gasteiger partial charge on any atom is 0.215 e. The minimum atomic E-state index is -0.367. The highest BCUT2D eigenvalue weighted by molar-refractivity contribution is 9.10. The minimum Gasteiger partial charge on any atom is -0.363 e. The van der Waals surface area contributed by atoms with Crippen LogP contribution in [0, 0.1) is 0 Å². The first-order valence-corrected chi connectivity index (χ1v) is 7.15. The summed E-state index contributed by atoms with van der Waals surface area (Å²) in [5, 5.41) is 3.68. The van der Waals surface area contributed by atoms with E-state index in [1.54, 1.807) is 42.6 Å². The number of carbonyl (C=O) groups is 2. The summed E-state index contributed by atoms with van der Waals surface area (Å²) in [7, 11) is 0. The van der Waals surface area contributed by atoms with Gasteiger partial charge in [-0.15, -0.1) is 0 Å². The molecule has 0 radical (unpaired) electrons. The van der Waals surface area contributed by atoms with Crippen LogP contribution in [0.3, 0.4) is 0 Å². The molecule has 0 bridgehead atoms. The second kappa shape index (κ2) is 6.03. The van der Waals surface area contributed by atoms with E-state index in [0.717, 1.165) is 4.47 Å². The monoisotopic (exact) mass is 356 g/mol. The Morgan fingerprint density at radius 1 is 1.00 bits per heavy atom. The molecule has 2 heterocycles. The summed E-state index contributed by atoms with van der Waals surface area (Å²) < 4.78 is 5.69. The summed E-state index contributed by atoms with van der Waals surface area (Å²) in [5.74, 6) is -0.719. The van der Waals surface area contributed by atoms with Gasteiger partial charge in [0.2, 0.25) is 5.78 Å². The summed E-state index contributed by atoms with van der Waals surface area (Å²) in [5.41, 5.74) is 0.921. The second-order valence-corrected chi connectivity index (χ2v) is 5.40. The molecule has 3 aromatic rings. The Hall–Kier alpha value is -2.60. The molecule has 0 unspecified atom stereocenters. The van der Waals surface area contributed by atoms with Crippen molar-refractivity contribution in [3.05, 3.63) is 81.9 Å². The molecular weight excluding hydrogens is 348 g/mol. The smallest absolute Gasteiger partial charge is 0.215 e. The van der Waals surface area contributed by atoms with Crippen LogP contribution in [0.15, 0.2) is 64.1 Å². The molecule has 0 saturated heterocycles. The summed E-state index contributed by atoms with van der Waals surface area (Å²) in [6.45, 7) is 0. The van der Waals surface area contributed by atoms with Gasteiger partial charge >= 0.3 is 0 Å². The van der Waals surface area contributed by atoms with Gasteiger partial charge in [0, 0.05) is 28.0 Å². The predicted octanol–water partition coefficient (Wildman–Crippen LogP) is 3.29. The van der Waals surface area contributed by atoms with Crippen LogP contribution < -0.4 is 0 Å². The zero-order valence-corrected chi connectivity index (χ0v) is 12.8. The van der Waals surface area contributed by atoms with Crippen LogP contribution >= 0.6 is 15.9 Å². The number of hydrogen-bond acceptors (Lipinski definition) is 5. The van der Waals surface area contributed by atoms with E-state index in [-0.39, 0.29) is 22.8 Å². The largest absolute Gasteiger partial charge is 0.363 e. The Kier molecular flexibility index (Phi) is 3.93. The van der Waals surface area contributed by atoms with Crippen LogP contribution in [0.4, 0.5) is 0 Å². The third-order valence-corrected chi connectivity index (χ3v) is 3.59. The molecule has 0 aliphatic carbocycles. The van der Waals surface area contributed by atoms with Gasteiger partial charge in [0.25, 0.3) is 0 Å².